The maximum absolute atomic E-state index is 13.2. The van der Waals surface area contributed by atoms with Crippen molar-refractivity contribution in [1.82, 2.24) is 14.8 Å². The van der Waals surface area contributed by atoms with E-state index in [1.54, 1.807) is 24.3 Å². The molecular weight excluding hydrogens is 368 g/mol. The number of rotatable bonds is 5. The topological polar surface area (TPSA) is 81.4 Å². The zero-order chi connectivity index (χ0) is 19.5. The summed E-state index contributed by atoms with van der Waals surface area (Å²) in [5, 5.41) is 10.6. The van der Waals surface area contributed by atoms with Gasteiger partial charge in [0.2, 0.25) is 12.1 Å². The van der Waals surface area contributed by atoms with Crippen molar-refractivity contribution < 1.29 is 18.4 Å². The number of hydrogen-bond acceptors (Lipinski definition) is 5. The van der Waals surface area contributed by atoms with Crippen molar-refractivity contribution >= 4 is 17.6 Å². The lowest BCUT2D eigenvalue weighted by Gasteiger charge is -2.06. The van der Waals surface area contributed by atoms with Gasteiger partial charge in [0, 0.05) is 6.42 Å². The van der Waals surface area contributed by atoms with Crippen LogP contribution in [0.3, 0.4) is 0 Å². The van der Waals surface area contributed by atoms with Crippen molar-refractivity contribution in [3.05, 3.63) is 77.6 Å². The maximum Gasteiger partial charge on any atom is 0.271 e. The van der Waals surface area contributed by atoms with Gasteiger partial charge in [-0.05, 0) is 35.4 Å². The monoisotopic (exact) mass is 383 g/mol. The highest BCUT2D eigenvalue weighted by Gasteiger charge is 2.29. The molecule has 2 heterocycles. The second kappa shape index (κ2) is 7.55. The lowest BCUT2D eigenvalue weighted by Crippen LogP contribution is -2.28. The average molecular weight is 383 g/mol. The molecule has 1 unspecified atom stereocenters. The Morgan fingerprint density at radius 3 is 2.79 bits per heavy atom. The summed E-state index contributed by atoms with van der Waals surface area (Å²) in [6.07, 6.45) is 0.869. The number of anilines is 1. The van der Waals surface area contributed by atoms with E-state index in [1.807, 2.05) is 0 Å². The smallest absolute Gasteiger partial charge is 0.271 e. The Kier molecular flexibility index (Phi) is 4.79. The van der Waals surface area contributed by atoms with Gasteiger partial charge in [-0.15, -0.1) is 5.10 Å². The van der Waals surface area contributed by atoms with E-state index < -0.39 is 12.0 Å². The van der Waals surface area contributed by atoms with Gasteiger partial charge < -0.3 is 4.84 Å². The van der Waals surface area contributed by atoms with Gasteiger partial charge in [0.05, 0.1) is 12.3 Å². The van der Waals surface area contributed by atoms with Gasteiger partial charge in [-0.1, -0.05) is 29.4 Å². The van der Waals surface area contributed by atoms with Gasteiger partial charge in [-0.25, -0.2) is 18.4 Å². The Bertz CT molecular complexity index is 1030. The van der Waals surface area contributed by atoms with E-state index in [2.05, 4.69) is 20.6 Å². The van der Waals surface area contributed by atoms with Crippen LogP contribution in [-0.2, 0) is 16.2 Å². The first-order valence-corrected chi connectivity index (χ1v) is 8.50. The molecule has 1 atom stereocenters. The van der Waals surface area contributed by atoms with Crippen molar-refractivity contribution in [2.45, 2.75) is 19.1 Å². The largest absolute Gasteiger partial charge is 0.382 e. The first-order chi connectivity index (χ1) is 13.6. The summed E-state index contributed by atoms with van der Waals surface area (Å²) in [6.45, 7) is 0.318. The van der Waals surface area contributed by atoms with E-state index in [-0.39, 0.29) is 24.0 Å². The van der Waals surface area contributed by atoms with E-state index >= 15 is 0 Å². The SMILES string of the molecule is O=C(Nc1ncn(Cc2cccc(F)c2)n1)C1CC(c2ccc(F)cc2)=NO1. The highest BCUT2D eigenvalue weighted by molar-refractivity contribution is 6.05. The fourth-order valence-electron chi connectivity index (χ4n) is 2.77. The van der Waals surface area contributed by atoms with Crippen LogP contribution in [0.2, 0.25) is 0 Å². The van der Waals surface area contributed by atoms with Gasteiger partial charge in [-0.3, -0.25) is 10.1 Å². The summed E-state index contributed by atoms with van der Waals surface area (Å²) in [5.41, 5.74) is 1.97. The molecule has 0 saturated heterocycles. The highest BCUT2D eigenvalue weighted by atomic mass is 19.1. The number of nitrogens with one attached hydrogen (secondary N) is 1. The van der Waals surface area contributed by atoms with Gasteiger partial charge >= 0.3 is 0 Å². The molecular formula is C19H15F2N5O2. The van der Waals surface area contributed by atoms with Crippen LogP contribution in [0.4, 0.5) is 14.7 Å². The van der Waals surface area contributed by atoms with Crippen molar-refractivity contribution in [1.29, 1.82) is 0 Å². The van der Waals surface area contributed by atoms with Gasteiger partial charge in [-0.2, -0.15) is 0 Å². The predicted octanol–water partition coefficient (Wildman–Crippen LogP) is 2.74. The Labute approximate surface area is 158 Å². The lowest BCUT2D eigenvalue weighted by atomic mass is 10.0. The van der Waals surface area contributed by atoms with E-state index in [0.29, 0.717) is 17.8 Å². The number of nitrogens with zero attached hydrogens (tertiary/aromatic N) is 4. The predicted molar refractivity (Wildman–Crippen MR) is 96.6 cm³/mol. The molecule has 1 aliphatic heterocycles. The first kappa shape index (κ1) is 17.8. The van der Waals surface area contributed by atoms with Crippen LogP contribution in [0.25, 0.3) is 0 Å². The molecule has 9 heteroatoms. The molecule has 1 amide bonds. The standard InChI is InChI=1S/C19H15F2N5O2/c20-14-6-4-13(5-7-14)16-9-17(28-25-16)18(27)23-19-22-11-26(24-19)10-12-2-1-3-15(21)8-12/h1-8,11,17H,9-10H2,(H,23,24,27). The van der Waals surface area contributed by atoms with Gasteiger partial charge in [0.25, 0.3) is 5.91 Å². The molecule has 1 aliphatic rings. The van der Waals surface area contributed by atoms with Crippen molar-refractivity contribution in [3.8, 4) is 0 Å². The Morgan fingerprint density at radius 1 is 1.18 bits per heavy atom. The molecule has 7 nitrogen and oxygen atoms in total. The summed E-state index contributed by atoms with van der Waals surface area (Å²) in [4.78, 5) is 21.6. The van der Waals surface area contributed by atoms with Crippen LogP contribution in [-0.4, -0.2) is 32.5 Å². The number of amides is 1. The quantitative estimate of drug-likeness (QED) is 0.735. The molecule has 0 saturated carbocycles. The molecule has 3 aromatic rings. The number of halogens is 2. The molecule has 142 valence electrons. The molecule has 2 aromatic carbocycles. The fraction of sp³-hybridized carbons (Fsp3) is 0.158. The average Bonchev–Trinajstić information content (AvgIpc) is 3.32. The van der Waals surface area contributed by atoms with E-state index in [0.717, 1.165) is 5.56 Å². The second-order valence-electron chi connectivity index (χ2n) is 6.23. The minimum absolute atomic E-state index is 0.111. The van der Waals surface area contributed by atoms with Crippen LogP contribution < -0.4 is 5.32 Å². The Balaban J connectivity index is 1.34. The number of carbonyl (C=O) groups is 1. The normalized spacial score (nSPS) is 15.8. The molecule has 0 aliphatic carbocycles. The summed E-state index contributed by atoms with van der Waals surface area (Å²) in [6, 6.07) is 11.9. The van der Waals surface area contributed by atoms with Gasteiger partial charge in [0.15, 0.2) is 0 Å². The molecule has 0 radical (unpaired) electrons. The summed E-state index contributed by atoms with van der Waals surface area (Å²) < 4.78 is 27.7. The molecule has 1 aromatic heterocycles. The molecule has 4 rings (SSSR count). The van der Waals surface area contributed by atoms with Crippen LogP contribution in [0.1, 0.15) is 17.5 Å². The highest BCUT2D eigenvalue weighted by Crippen LogP contribution is 2.18. The number of aromatic nitrogens is 3. The minimum Gasteiger partial charge on any atom is -0.382 e. The van der Waals surface area contributed by atoms with Gasteiger partial charge in [0.1, 0.15) is 18.0 Å². The number of oxime groups is 1. The molecule has 0 fully saturated rings. The van der Waals surface area contributed by atoms with E-state index in [4.69, 9.17) is 4.84 Å². The van der Waals surface area contributed by atoms with E-state index in [1.165, 1.54) is 35.3 Å². The number of benzene rings is 2. The molecule has 1 N–H and O–H groups in total. The summed E-state index contributed by atoms with van der Waals surface area (Å²) >= 11 is 0. The summed E-state index contributed by atoms with van der Waals surface area (Å²) in [5.74, 6) is -1.01. The third-order valence-corrected chi connectivity index (χ3v) is 4.14. The van der Waals surface area contributed by atoms with E-state index in [9.17, 15) is 13.6 Å². The fourth-order valence-corrected chi connectivity index (χ4v) is 2.77. The third-order valence-electron chi connectivity index (χ3n) is 4.14. The van der Waals surface area contributed by atoms with Crippen LogP contribution >= 0.6 is 0 Å². The van der Waals surface area contributed by atoms with Crippen LogP contribution in [0, 0.1) is 11.6 Å². The number of carbonyl (C=O) groups excluding carboxylic acids is 1. The van der Waals surface area contributed by atoms with Crippen molar-refractivity contribution in [2.75, 3.05) is 5.32 Å². The van der Waals surface area contributed by atoms with Crippen molar-refractivity contribution in [2.24, 2.45) is 5.16 Å². The zero-order valence-corrected chi connectivity index (χ0v) is 14.5. The Morgan fingerprint density at radius 2 is 2.00 bits per heavy atom. The first-order valence-electron chi connectivity index (χ1n) is 8.50. The zero-order valence-electron chi connectivity index (χ0n) is 14.5. The number of hydrogen-bond donors (Lipinski definition) is 1. The molecule has 28 heavy (non-hydrogen) atoms. The molecule has 0 spiro atoms. The van der Waals surface area contributed by atoms with Crippen LogP contribution in [0.5, 0.6) is 0 Å². The third kappa shape index (κ3) is 4.03. The Hall–Kier alpha value is -3.62. The van der Waals surface area contributed by atoms with Crippen LogP contribution in [0.15, 0.2) is 60.0 Å². The van der Waals surface area contributed by atoms with Crippen molar-refractivity contribution in [3.63, 3.8) is 0 Å². The maximum atomic E-state index is 13.2. The second-order valence-corrected chi connectivity index (χ2v) is 6.23. The lowest BCUT2D eigenvalue weighted by molar-refractivity contribution is -0.125. The minimum atomic E-state index is -0.824. The molecule has 0 bridgehead atoms. The summed E-state index contributed by atoms with van der Waals surface area (Å²) in [7, 11) is 0.